The number of hydrogen-bond donors (Lipinski definition) is 2. The molecule has 0 bridgehead atoms. The van der Waals surface area contributed by atoms with E-state index in [1.54, 1.807) is 6.26 Å². The van der Waals surface area contributed by atoms with E-state index in [2.05, 4.69) is 24.1 Å². The van der Waals surface area contributed by atoms with Crippen LogP contribution in [-0.2, 0) is 6.42 Å². The van der Waals surface area contributed by atoms with Crippen molar-refractivity contribution in [2.45, 2.75) is 26.3 Å². The van der Waals surface area contributed by atoms with Crippen molar-refractivity contribution in [3.05, 3.63) is 58.0 Å². The highest BCUT2D eigenvalue weighted by molar-refractivity contribution is 5.73. The van der Waals surface area contributed by atoms with Gasteiger partial charge >= 0.3 is 5.76 Å². The molecule has 0 aliphatic rings. The molecule has 0 saturated heterocycles. The van der Waals surface area contributed by atoms with Crippen LogP contribution in [0.25, 0.3) is 11.1 Å². The van der Waals surface area contributed by atoms with Crippen LogP contribution in [0.3, 0.4) is 0 Å². The summed E-state index contributed by atoms with van der Waals surface area (Å²) >= 11 is 0. The first-order valence-corrected chi connectivity index (χ1v) is 7.15. The highest BCUT2D eigenvalue weighted by Crippen LogP contribution is 2.28. The van der Waals surface area contributed by atoms with Crippen LogP contribution >= 0.6 is 0 Å². The van der Waals surface area contributed by atoms with Crippen molar-refractivity contribution in [2.24, 2.45) is 0 Å². The van der Waals surface area contributed by atoms with Crippen molar-refractivity contribution >= 4 is 11.1 Å². The minimum Gasteiger partial charge on any atom is -0.469 e. The van der Waals surface area contributed by atoms with Gasteiger partial charge in [0.15, 0.2) is 5.58 Å². The Kier molecular flexibility index (Phi) is 3.66. The van der Waals surface area contributed by atoms with E-state index >= 15 is 0 Å². The Bertz CT molecular complexity index is 797. The molecule has 2 aromatic heterocycles. The number of H-pyrrole nitrogens is 1. The number of oxazole rings is 1. The van der Waals surface area contributed by atoms with Crippen LogP contribution in [0.15, 0.2) is 44.2 Å². The van der Waals surface area contributed by atoms with Gasteiger partial charge in [0.1, 0.15) is 5.76 Å². The normalized spacial score (nSPS) is 12.9. The van der Waals surface area contributed by atoms with E-state index in [0.717, 1.165) is 29.9 Å². The lowest BCUT2D eigenvalue weighted by Gasteiger charge is -2.18. The predicted molar refractivity (Wildman–Crippen MR) is 80.4 cm³/mol. The van der Waals surface area contributed by atoms with Crippen molar-refractivity contribution in [2.75, 3.05) is 6.54 Å². The number of benzene rings is 1. The molecule has 1 atom stereocenters. The lowest BCUT2D eigenvalue weighted by atomic mass is 9.98. The van der Waals surface area contributed by atoms with Gasteiger partial charge in [0.2, 0.25) is 0 Å². The predicted octanol–water partition coefficient (Wildman–Crippen LogP) is 2.98. The summed E-state index contributed by atoms with van der Waals surface area (Å²) in [7, 11) is 0. The Morgan fingerprint density at radius 1 is 1.29 bits per heavy atom. The maximum atomic E-state index is 11.3. The molecule has 0 aliphatic heterocycles. The first-order chi connectivity index (χ1) is 10.2. The average molecular weight is 286 g/mol. The minimum absolute atomic E-state index is 0.0216. The second-order valence-electron chi connectivity index (χ2n) is 4.91. The van der Waals surface area contributed by atoms with Crippen LogP contribution in [-0.4, -0.2) is 11.5 Å². The van der Waals surface area contributed by atoms with E-state index in [9.17, 15) is 4.79 Å². The first-order valence-electron chi connectivity index (χ1n) is 7.15. The SMILES string of the molecule is CCNC(c1ccc2[nH]c(=O)oc2c1)c1ccoc1CC. The highest BCUT2D eigenvalue weighted by Gasteiger charge is 2.19. The summed E-state index contributed by atoms with van der Waals surface area (Å²) < 4.78 is 10.7. The molecule has 0 amide bonds. The van der Waals surface area contributed by atoms with Crippen LogP contribution in [0.1, 0.15) is 36.8 Å². The van der Waals surface area contributed by atoms with E-state index in [-0.39, 0.29) is 6.04 Å². The molecule has 0 spiro atoms. The van der Waals surface area contributed by atoms with Gasteiger partial charge in [0, 0.05) is 12.0 Å². The van der Waals surface area contributed by atoms with Crippen molar-refractivity contribution in [1.29, 1.82) is 0 Å². The Morgan fingerprint density at radius 3 is 2.90 bits per heavy atom. The molecule has 21 heavy (non-hydrogen) atoms. The summed E-state index contributed by atoms with van der Waals surface area (Å²) in [6.45, 7) is 4.96. The van der Waals surface area contributed by atoms with Crippen molar-refractivity contribution in [1.82, 2.24) is 10.3 Å². The third-order valence-corrected chi connectivity index (χ3v) is 3.60. The largest absolute Gasteiger partial charge is 0.469 e. The number of furan rings is 1. The highest BCUT2D eigenvalue weighted by atomic mass is 16.4. The third kappa shape index (κ3) is 2.52. The van der Waals surface area contributed by atoms with E-state index in [0.29, 0.717) is 11.1 Å². The summed E-state index contributed by atoms with van der Waals surface area (Å²) in [5.41, 5.74) is 3.45. The summed E-state index contributed by atoms with van der Waals surface area (Å²) in [4.78, 5) is 13.9. The van der Waals surface area contributed by atoms with Crippen LogP contribution in [0.5, 0.6) is 0 Å². The monoisotopic (exact) mass is 286 g/mol. The van der Waals surface area contributed by atoms with Crippen molar-refractivity contribution in [3.63, 3.8) is 0 Å². The topological polar surface area (TPSA) is 71.2 Å². The van der Waals surface area contributed by atoms with Gasteiger partial charge < -0.3 is 14.2 Å². The van der Waals surface area contributed by atoms with Gasteiger partial charge in [-0.05, 0) is 30.3 Å². The molecule has 3 rings (SSSR count). The zero-order valence-corrected chi connectivity index (χ0v) is 12.1. The van der Waals surface area contributed by atoms with Gasteiger partial charge in [-0.3, -0.25) is 4.98 Å². The van der Waals surface area contributed by atoms with E-state index in [4.69, 9.17) is 8.83 Å². The Morgan fingerprint density at radius 2 is 2.14 bits per heavy atom. The zero-order valence-electron chi connectivity index (χ0n) is 12.1. The molecule has 2 heterocycles. The molecule has 3 aromatic rings. The minimum atomic E-state index is -0.431. The van der Waals surface area contributed by atoms with Gasteiger partial charge in [-0.15, -0.1) is 0 Å². The number of aromatic amines is 1. The van der Waals surface area contributed by atoms with E-state index in [1.807, 2.05) is 24.3 Å². The van der Waals surface area contributed by atoms with Gasteiger partial charge in [-0.25, -0.2) is 4.79 Å². The van der Waals surface area contributed by atoms with Gasteiger partial charge in [-0.1, -0.05) is 19.9 Å². The lowest BCUT2D eigenvalue weighted by molar-refractivity contribution is 0.502. The van der Waals surface area contributed by atoms with Crippen molar-refractivity contribution in [3.8, 4) is 0 Å². The Balaban J connectivity index is 2.08. The Hall–Kier alpha value is -2.27. The van der Waals surface area contributed by atoms with Crippen LogP contribution in [0.2, 0.25) is 0 Å². The molecule has 0 saturated carbocycles. The summed E-state index contributed by atoms with van der Waals surface area (Å²) in [5.74, 6) is 0.538. The second kappa shape index (κ2) is 5.61. The third-order valence-electron chi connectivity index (χ3n) is 3.60. The molecule has 0 aliphatic carbocycles. The molecule has 0 fully saturated rings. The molecule has 110 valence electrons. The second-order valence-corrected chi connectivity index (χ2v) is 4.91. The van der Waals surface area contributed by atoms with Gasteiger partial charge in [0.25, 0.3) is 0 Å². The van der Waals surface area contributed by atoms with Gasteiger partial charge in [-0.2, -0.15) is 0 Å². The van der Waals surface area contributed by atoms with E-state index < -0.39 is 5.76 Å². The van der Waals surface area contributed by atoms with Crippen LogP contribution in [0.4, 0.5) is 0 Å². The molecule has 1 aromatic carbocycles. The molecular formula is C16H18N2O3. The molecular weight excluding hydrogens is 268 g/mol. The van der Waals surface area contributed by atoms with Crippen LogP contribution < -0.4 is 11.1 Å². The Labute approximate surface area is 122 Å². The lowest BCUT2D eigenvalue weighted by Crippen LogP contribution is -2.22. The van der Waals surface area contributed by atoms with Crippen molar-refractivity contribution < 1.29 is 8.83 Å². The van der Waals surface area contributed by atoms with Gasteiger partial charge in [0.05, 0.1) is 17.8 Å². The first kappa shape index (κ1) is 13.7. The molecule has 0 radical (unpaired) electrons. The number of nitrogens with one attached hydrogen (secondary N) is 2. The van der Waals surface area contributed by atoms with E-state index in [1.165, 1.54) is 0 Å². The number of fused-ring (bicyclic) bond motifs is 1. The van der Waals surface area contributed by atoms with Crippen LogP contribution in [0, 0.1) is 0 Å². The number of aromatic nitrogens is 1. The standard InChI is InChI=1S/C16H18N2O3/c1-3-13-11(7-8-20-13)15(17-4-2)10-5-6-12-14(9-10)21-16(19)18-12/h5-9,15,17H,3-4H2,1-2H3,(H,18,19). The number of hydrogen-bond acceptors (Lipinski definition) is 4. The summed E-state index contributed by atoms with van der Waals surface area (Å²) in [6.07, 6.45) is 2.55. The zero-order chi connectivity index (χ0) is 14.8. The molecule has 5 nitrogen and oxygen atoms in total. The average Bonchev–Trinajstić information content (AvgIpc) is 3.08. The fourth-order valence-corrected chi connectivity index (χ4v) is 2.65. The maximum Gasteiger partial charge on any atom is 0.417 e. The molecule has 5 heteroatoms. The number of aryl methyl sites for hydroxylation is 1. The number of rotatable bonds is 5. The quantitative estimate of drug-likeness (QED) is 0.756. The maximum absolute atomic E-state index is 11.3. The molecule has 2 N–H and O–H groups in total. The molecule has 1 unspecified atom stereocenters. The smallest absolute Gasteiger partial charge is 0.417 e. The fraction of sp³-hybridized carbons (Fsp3) is 0.312. The fourth-order valence-electron chi connectivity index (χ4n) is 2.65. The summed E-state index contributed by atoms with van der Waals surface area (Å²) in [5, 5.41) is 3.46. The summed E-state index contributed by atoms with van der Waals surface area (Å²) in [6, 6.07) is 7.77.